The van der Waals surface area contributed by atoms with Gasteiger partial charge in [0.05, 0.1) is 24.8 Å². The third kappa shape index (κ3) is 5.70. The molecule has 3 aromatic rings. The molecule has 0 saturated heterocycles. The first-order chi connectivity index (χ1) is 17.3. The first-order valence-corrected chi connectivity index (χ1v) is 10.9. The van der Waals surface area contributed by atoms with Gasteiger partial charge in [0.1, 0.15) is 23.9 Å². The van der Waals surface area contributed by atoms with Gasteiger partial charge in [0, 0.05) is 6.07 Å². The average Bonchev–Trinajstić information content (AvgIpc) is 2.88. The highest BCUT2D eigenvalue weighted by Gasteiger charge is 2.42. The first kappa shape index (κ1) is 24.9. The number of hydrogen-bond acceptors (Lipinski definition) is 6. The second-order valence-electron chi connectivity index (χ2n) is 7.80. The monoisotopic (exact) mass is 501 g/mol. The van der Waals surface area contributed by atoms with Crippen molar-refractivity contribution in [2.75, 3.05) is 20.3 Å². The van der Waals surface area contributed by atoms with Gasteiger partial charge in [-0.2, -0.15) is 13.2 Å². The van der Waals surface area contributed by atoms with E-state index in [1.54, 1.807) is 24.3 Å². The Morgan fingerprint density at radius 3 is 2.50 bits per heavy atom. The lowest BCUT2D eigenvalue weighted by molar-refractivity contribution is -0.137. The molecule has 0 aromatic heterocycles. The van der Waals surface area contributed by atoms with Gasteiger partial charge in [0.15, 0.2) is 6.10 Å². The number of Topliss-reactive ketones (excluding diaryl/α,β-unsaturated/α-hetero) is 1. The van der Waals surface area contributed by atoms with Crippen LogP contribution in [0, 0.1) is 0 Å². The number of ketones is 1. The van der Waals surface area contributed by atoms with Crippen LogP contribution in [-0.2, 0) is 10.9 Å². The highest BCUT2D eigenvalue weighted by atomic mass is 19.4. The highest BCUT2D eigenvalue weighted by molar-refractivity contribution is 6.04. The van der Waals surface area contributed by atoms with Crippen molar-refractivity contribution < 1.29 is 41.7 Å². The van der Waals surface area contributed by atoms with Crippen molar-refractivity contribution in [1.29, 1.82) is 0 Å². The molecule has 0 unspecified atom stereocenters. The standard InChI is InChI=1S/C26H22F3NO6/c1-33-19-10-11-20-21(15-19)35-23(16-6-5-7-17(14-16)26(27,28)29)24(22(20)31)36-25(32)30-12-13-34-18-8-3-2-4-9-18/h2-11,14-15,23-24H,12-13H2,1H3,(H,30,32)/t23-,24+/m0/s1. The molecule has 0 saturated carbocycles. The fourth-order valence-electron chi connectivity index (χ4n) is 3.67. The average molecular weight is 501 g/mol. The Hall–Kier alpha value is -4.21. The molecule has 7 nitrogen and oxygen atoms in total. The Kier molecular flexibility index (Phi) is 7.33. The number of para-hydroxylation sites is 1. The number of carbonyl (C=O) groups is 2. The van der Waals surface area contributed by atoms with E-state index in [2.05, 4.69) is 5.32 Å². The van der Waals surface area contributed by atoms with E-state index in [1.807, 2.05) is 6.07 Å². The van der Waals surface area contributed by atoms with Crippen molar-refractivity contribution in [3.05, 3.63) is 89.5 Å². The van der Waals surface area contributed by atoms with Crippen LogP contribution in [0.25, 0.3) is 0 Å². The predicted molar refractivity (Wildman–Crippen MR) is 122 cm³/mol. The van der Waals surface area contributed by atoms with Gasteiger partial charge in [-0.25, -0.2) is 4.79 Å². The fraction of sp³-hybridized carbons (Fsp3) is 0.231. The van der Waals surface area contributed by atoms with Crippen LogP contribution >= 0.6 is 0 Å². The number of methoxy groups -OCH3 is 1. The van der Waals surface area contributed by atoms with Gasteiger partial charge in [-0.3, -0.25) is 4.79 Å². The van der Waals surface area contributed by atoms with E-state index in [4.69, 9.17) is 18.9 Å². The number of halogens is 3. The number of alkyl halides is 3. The summed E-state index contributed by atoms with van der Waals surface area (Å²) in [6.07, 6.45) is -8.39. The minimum absolute atomic E-state index is 0.0249. The van der Waals surface area contributed by atoms with Crippen molar-refractivity contribution >= 4 is 11.9 Å². The number of amides is 1. The Balaban J connectivity index is 1.53. The molecule has 10 heteroatoms. The molecular formula is C26H22F3NO6. The minimum Gasteiger partial charge on any atom is -0.497 e. The van der Waals surface area contributed by atoms with Crippen molar-refractivity contribution in [3.8, 4) is 17.2 Å². The van der Waals surface area contributed by atoms with Crippen molar-refractivity contribution in [1.82, 2.24) is 5.32 Å². The number of carbonyl (C=O) groups excluding carboxylic acids is 2. The maximum atomic E-state index is 13.3. The van der Waals surface area contributed by atoms with Gasteiger partial charge in [0.2, 0.25) is 11.9 Å². The van der Waals surface area contributed by atoms with E-state index in [0.29, 0.717) is 11.5 Å². The largest absolute Gasteiger partial charge is 0.497 e. The molecule has 1 aliphatic rings. The maximum absolute atomic E-state index is 13.3. The molecule has 0 fully saturated rings. The second kappa shape index (κ2) is 10.6. The van der Waals surface area contributed by atoms with Crippen LogP contribution < -0.4 is 19.5 Å². The van der Waals surface area contributed by atoms with Crippen LogP contribution in [-0.4, -0.2) is 38.2 Å². The Morgan fingerprint density at radius 1 is 1.00 bits per heavy atom. The molecule has 3 aromatic carbocycles. The molecule has 0 bridgehead atoms. The zero-order valence-electron chi connectivity index (χ0n) is 19.1. The number of alkyl carbamates (subject to hydrolysis) is 1. The van der Waals surface area contributed by atoms with Gasteiger partial charge < -0.3 is 24.3 Å². The molecule has 0 radical (unpaired) electrons. The van der Waals surface area contributed by atoms with E-state index < -0.39 is 35.8 Å². The van der Waals surface area contributed by atoms with Crippen LogP contribution in [0.15, 0.2) is 72.8 Å². The topological polar surface area (TPSA) is 83.1 Å². The van der Waals surface area contributed by atoms with Crippen LogP contribution in [0.3, 0.4) is 0 Å². The number of benzene rings is 3. The van der Waals surface area contributed by atoms with E-state index in [0.717, 1.165) is 12.1 Å². The molecule has 1 aliphatic heterocycles. The van der Waals surface area contributed by atoms with Gasteiger partial charge in [0.25, 0.3) is 0 Å². The lowest BCUT2D eigenvalue weighted by Gasteiger charge is -2.32. The smallest absolute Gasteiger partial charge is 0.416 e. The van der Waals surface area contributed by atoms with Crippen molar-refractivity contribution in [3.63, 3.8) is 0 Å². The lowest BCUT2D eigenvalue weighted by Crippen LogP contribution is -2.42. The van der Waals surface area contributed by atoms with Gasteiger partial charge in [-0.15, -0.1) is 0 Å². The molecule has 188 valence electrons. The SMILES string of the molecule is COc1ccc2c(c1)O[C@@H](c1cccc(C(F)(F)F)c1)[C@H](OC(=O)NCCOc1ccccc1)C2=O. The molecule has 0 aliphatic carbocycles. The minimum atomic E-state index is -4.61. The summed E-state index contributed by atoms with van der Waals surface area (Å²) in [5, 5.41) is 2.48. The summed E-state index contributed by atoms with van der Waals surface area (Å²) in [4.78, 5) is 25.7. The zero-order chi connectivity index (χ0) is 25.7. The zero-order valence-corrected chi connectivity index (χ0v) is 19.1. The summed E-state index contributed by atoms with van der Waals surface area (Å²) in [5.41, 5.74) is -0.783. The number of ether oxygens (including phenoxy) is 4. The normalized spacial score (nSPS) is 16.9. The molecule has 1 heterocycles. The van der Waals surface area contributed by atoms with Crippen LogP contribution in [0.1, 0.15) is 27.6 Å². The number of hydrogen-bond donors (Lipinski definition) is 1. The highest BCUT2D eigenvalue weighted by Crippen LogP contribution is 2.40. The molecule has 0 spiro atoms. The number of nitrogens with one attached hydrogen (secondary N) is 1. The predicted octanol–water partition coefficient (Wildman–Crippen LogP) is 5.20. The summed E-state index contributed by atoms with van der Waals surface area (Å²) in [6.45, 7) is 0.200. The van der Waals surface area contributed by atoms with E-state index in [1.165, 1.54) is 37.4 Å². The summed E-state index contributed by atoms with van der Waals surface area (Å²) in [6, 6.07) is 17.7. The number of rotatable bonds is 7. The fourth-order valence-corrected chi connectivity index (χ4v) is 3.67. The van der Waals surface area contributed by atoms with Gasteiger partial charge in [-0.05, 0) is 42.0 Å². The summed E-state index contributed by atoms with van der Waals surface area (Å²) >= 11 is 0. The Bertz CT molecular complexity index is 1230. The summed E-state index contributed by atoms with van der Waals surface area (Å²) in [5.74, 6) is 0.496. The number of fused-ring (bicyclic) bond motifs is 1. The van der Waals surface area contributed by atoms with Crippen LogP contribution in [0.2, 0.25) is 0 Å². The molecular weight excluding hydrogens is 479 g/mol. The summed E-state index contributed by atoms with van der Waals surface area (Å²) < 4.78 is 61.9. The summed E-state index contributed by atoms with van der Waals surface area (Å²) in [7, 11) is 1.43. The molecule has 2 atom stereocenters. The maximum Gasteiger partial charge on any atom is 0.416 e. The van der Waals surface area contributed by atoms with E-state index in [9.17, 15) is 22.8 Å². The molecule has 1 amide bonds. The van der Waals surface area contributed by atoms with Crippen molar-refractivity contribution in [2.45, 2.75) is 18.4 Å². The van der Waals surface area contributed by atoms with Gasteiger partial charge >= 0.3 is 12.3 Å². The van der Waals surface area contributed by atoms with E-state index >= 15 is 0 Å². The third-order valence-corrected chi connectivity index (χ3v) is 5.40. The van der Waals surface area contributed by atoms with Gasteiger partial charge in [-0.1, -0.05) is 30.3 Å². The molecule has 4 rings (SSSR count). The van der Waals surface area contributed by atoms with Crippen LogP contribution in [0.4, 0.5) is 18.0 Å². The Labute approximate surface area is 204 Å². The quantitative estimate of drug-likeness (QED) is 0.448. The molecule has 1 N–H and O–H groups in total. The van der Waals surface area contributed by atoms with Crippen LogP contribution in [0.5, 0.6) is 17.2 Å². The van der Waals surface area contributed by atoms with Crippen molar-refractivity contribution in [2.24, 2.45) is 0 Å². The third-order valence-electron chi connectivity index (χ3n) is 5.40. The lowest BCUT2D eigenvalue weighted by atomic mass is 9.92. The van der Waals surface area contributed by atoms with E-state index in [-0.39, 0.29) is 30.0 Å². The molecule has 36 heavy (non-hydrogen) atoms. The second-order valence-corrected chi connectivity index (χ2v) is 7.80. The Morgan fingerprint density at radius 2 is 1.78 bits per heavy atom. The first-order valence-electron chi connectivity index (χ1n) is 10.9.